The van der Waals surface area contributed by atoms with Gasteiger partial charge < -0.3 is 10.5 Å². The molecular formula is C10H21NOS. The molecule has 0 bridgehead atoms. The van der Waals surface area contributed by atoms with Crippen LogP contribution in [-0.2, 0) is 4.74 Å². The summed E-state index contributed by atoms with van der Waals surface area (Å²) in [6, 6.07) is 0.364. The Balaban J connectivity index is 2.23. The first-order valence-corrected chi connectivity index (χ1v) is 6.16. The molecule has 1 aliphatic rings. The Morgan fingerprint density at radius 3 is 2.92 bits per heavy atom. The van der Waals surface area contributed by atoms with Crippen LogP contribution >= 0.6 is 11.8 Å². The van der Waals surface area contributed by atoms with Gasteiger partial charge in [0.05, 0.1) is 0 Å². The minimum atomic E-state index is 0.364. The van der Waals surface area contributed by atoms with Gasteiger partial charge in [-0.15, -0.1) is 0 Å². The molecule has 0 spiro atoms. The van der Waals surface area contributed by atoms with Crippen LogP contribution in [0.25, 0.3) is 0 Å². The van der Waals surface area contributed by atoms with Crippen LogP contribution in [0.2, 0.25) is 0 Å². The molecule has 2 N–H and O–H groups in total. The molecule has 1 heterocycles. The first-order chi connectivity index (χ1) is 6.25. The predicted octanol–water partition coefficient (Wildman–Crippen LogP) is 1.88. The van der Waals surface area contributed by atoms with Gasteiger partial charge in [-0.2, -0.15) is 11.8 Å². The lowest BCUT2D eigenvalue weighted by Crippen LogP contribution is -2.37. The van der Waals surface area contributed by atoms with E-state index in [4.69, 9.17) is 10.5 Å². The maximum atomic E-state index is 6.19. The standard InChI is InChI=1S/C10H21NOS/c1-8(5-6-12-2)10(11)9-4-3-7-13-9/h8-10H,3-7,11H2,1-2H3. The van der Waals surface area contributed by atoms with Gasteiger partial charge in [-0.25, -0.2) is 0 Å². The van der Waals surface area contributed by atoms with Crippen molar-refractivity contribution in [3.63, 3.8) is 0 Å². The molecule has 0 aromatic carbocycles. The molecule has 0 radical (unpaired) electrons. The summed E-state index contributed by atoms with van der Waals surface area (Å²) >= 11 is 2.05. The fourth-order valence-electron chi connectivity index (χ4n) is 1.77. The fraction of sp³-hybridized carbons (Fsp3) is 1.00. The van der Waals surface area contributed by atoms with Crippen molar-refractivity contribution in [1.82, 2.24) is 0 Å². The van der Waals surface area contributed by atoms with E-state index in [0.717, 1.165) is 13.0 Å². The third-order valence-electron chi connectivity index (χ3n) is 2.83. The molecule has 13 heavy (non-hydrogen) atoms. The second-order valence-electron chi connectivity index (χ2n) is 3.89. The van der Waals surface area contributed by atoms with Crippen LogP contribution in [-0.4, -0.2) is 30.8 Å². The average Bonchev–Trinajstić information content (AvgIpc) is 2.65. The highest BCUT2D eigenvalue weighted by atomic mass is 32.2. The molecule has 78 valence electrons. The van der Waals surface area contributed by atoms with E-state index in [1.165, 1.54) is 18.6 Å². The van der Waals surface area contributed by atoms with Gasteiger partial charge in [-0.3, -0.25) is 0 Å². The molecule has 1 saturated heterocycles. The molecule has 3 unspecified atom stereocenters. The number of methoxy groups -OCH3 is 1. The summed E-state index contributed by atoms with van der Waals surface area (Å²) in [5.41, 5.74) is 6.19. The lowest BCUT2D eigenvalue weighted by Gasteiger charge is -2.24. The quantitative estimate of drug-likeness (QED) is 0.741. The Morgan fingerprint density at radius 1 is 1.62 bits per heavy atom. The van der Waals surface area contributed by atoms with Gasteiger partial charge in [0.15, 0.2) is 0 Å². The van der Waals surface area contributed by atoms with Crippen molar-refractivity contribution in [2.45, 2.75) is 37.5 Å². The molecule has 1 fully saturated rings. The molecule has 0 aromatic rings. The summed E-state index contributed by atoms with van der Waals surface area (Å²) < 4.78 is 5.06. The van der Waals surface area contributed by atoms with E-state index in [1.54, 1.807) is 7.11 Å². The van der Waals surface area contributed by atoms with Crippen molar-refractivity contribution in [3.8, 4) is 0 Å². The summed E-state index contributed by atoms with van der Waals surface area (Å²) in [7, 11) is 1.75. The van der Waals surface area contributed by atoms with Gasteiger partial charge in [-0.1, -0.05) is 6.92 Å². The minimum absolute atomic E-state index is 0.364. The van der Waals surface area contributed by atoms with Crippen LogP contribution in [0.1, 0.15) is 26.2 Å². The summed E-state index contributed by atoms with van der Waals surface area (Å²) in [6.07, 6.45) is 3.75. The van der Waals surface area contributed by atoms with Crippen LogP contribution < -0.4 is 5.73 Å². The van der Waals surface area contributed by atoms with Crippen molar-refractivity contribution < 1.29 is 4.74 Å². The highest BCUT2D eigenvalue weighted by Gasteiger charge is 2.26. The summed E-state index contributed by atoms with van der Waals surface area (Å²) in [6.45, 7) is 3.08. The average molecular weight is 203 g/mol. The van der Waals surface area contributed by atoms with E-state index in [1.807, 2.05) is 11.8 Å². The first-order valence-electron chi connectivity index (χ1n) is 5.12. The van der Waals surface area contributed by atoms with Gasteiger partial charge in [0.1, 0.15) is 0 Å². The third-order valence-corrected chi connectivity index (χ3v) is 4.33. The normalized spacial score (nSPS) is 27.5. The number of rotatable bonds is 5. The number of nitrogens with two attached hydrogens (primary N) is 1. The van der Waals surface area contributed by atoms with E-state index < -0.39 is 0 Å². The van der Waals surface area contributed by atoms with Gasteiger partial charge in [0.25, 0.3) is 0 Å². The van der Waals surface area contributed by atoms with Crippen LogP contribution in [0, 0.1) is 5.92 Å². The van der Waals surface area contributed by atoms with Crippen molar-refractivity contribution in [1.29, 1.82) is 0 Å². The zero-order chi connectivity index (χ0) is 9.68. The maximum absolute atomic E-state index is 6.19. The van der Waals surface area contributed by atoms with E-state index in [-0.39, 0.29) is 0 Å². The summed E-state index contributed by atoms with van der Waals surface area (Å²) in [4.78, 5) is 0. The monoisotopic (exact) mass is 203 g/mol. The Hall–Kier alpha value is 0.270. The first kappa shape index (κ1) is 11.3. The second-order valence-corrected chi connectivity index (χ2v) is 5.23. The van der Waals surface area contributed by atoms with Crippen molar-refractivity contribution in [3.05, 3.63) is 0 Å². The Morgan fingerprint density at radius 2 is 2.38 bits per heavy atom. The molecular weight excluding hydrogens is 182 g/mol. The molecule has 2 nitrogen and oxygen atoms in total. The number of thioether (sulfide) groups is 1. The molecule has 0 amide bonds. The van der Waals surface area contributed by atoms with E-state index in [2.05, 4.69) is 6.92 Å². The van der Waals surface area contributed by atoms with Crippen LogP contribution in [0.15, 0.2) is 0 Å². The number of hydrogen-bond acceptors (Lipinski definition) is 3. The topological polar surface area (TPSA) is 35.2 Å². The zero-order valence-electron chi connectivity index (χ0n) is 8.66. The van der Waals surface area contributed by atoms with Crippen LogP contribution in [0.3, 0.4) is 0 Å². The fourth-order valence-corrected chi connectivity index (χ4v) is 3.23. The molecule has 0 aromatic heterocycles. The van der Waals surface area contributed by atoms with Gasteiger partial charge >= 0.3 is 0 Å². The van der Waals surface area contributed by atoms with Crippen molar-refractivity contribution in [2.75, 3.05) is 19.5 Å². The summed E-state index contributed by atoms with van der Waals surface area (Å²) in [5, 5.41) is 0.701. The SMILES string of the molecule is COCCC(C)C(N)C1CCCS1. The van der Waals surface area contributed by atoms with E-state index in [0.29, 0.717) is 17.2 Å². The number of ether oxygens (including phenoxy) is 1. The Kier molecular flexibility index (Phi) is 5.14. The van der Waals surface area contributed by atoms with Gasteiger partial charge in [-0.05, 0) is 30.9 Å². The molecule has 3 heteroatoms. The highest BCUT2D eigenvalue weighted by Crippen LogP contribution is 2.31. The third kappa shape index (κ3) is 3.49. The largest absolute Gasteiger partial charge is 0.385 e. The molecule has 1 aliphatic heterocycles. The maximum Gasteiger partial charge on any atom is 0.0465 e. The van der Waals surface area contributed by atoms with Crippen LogP contribution in [0.4, 0.5) is 0 Å². The van der Waals surface area contributed by atoms with E-state index >= 15 is 0 Å². The predicted molar refractivity (Wildman–Crippen MR) is 59.1 cm³/mol. The zero-order valence-corrected chi connectivity index (χ0v) is 9.48. The Labute approximate surface area is 85.6 Å². The molecule has 3 atom stereocenters. The Bertz CT molecular complexity index is 137. The smallest absolute Gasteiger partial charge is 0.0465 e. The second kappa shape index (κ2) is 5.89. The summed E-state index contributed by atoms with van der Waals surface area (Å²) in [5.74, 6) is 1.89. The molecule has 0 aliphatic carbocycles. The lowest BCUT2D eigenvalue weighted by atomic mass is 9.95. The van der Waals surface area contributed by atoms with Crippen molar-refractivity contribution >= 4 is 11.8 Å². The molecule has 1 rings (SSSR count). The van der Waals surface area contributed by atoms with Crippen LogP contribution in [0.5, 0.6) is 0 Å². The highest BCUT2D eigenvalue weighted by molar-refractivity contribution is 8.00. The van der Waals surface area contributed by atoms with Crippen molar-refractivity contribution in [2.24, 2.45) is 11.7 Å². The lowest BCUT2D eigenvalue weighted by molar-refractivity contribution is 0.174. The molecule has 0 saturated carbocycles. The minimum Gasteiger partial charge on any atom is -0.385 e. The van der Waals surface area contributed by atoms with Gasteiger partial charge in [0.2, 0.25) is 0 Å². The van der Waals surface area contributed by atoms with Gasteiger partial charge in [0, 0.05) is 25.0 Å². The number of hydrogen-bond donors (Lipinski definition) is 1. The van der Waals surface area contributed by atoms with E-state index in [9.17, 15) is 0 Å².